The first kappa shape index (κ1) is 11.6. The lowest BCUT2D eigenvalue weighted by atomic mass is 10.2. The fourth-order valence-corrected chi connectivity index (χ4v) is 2.23. The molecule has 0 saturated carbocycles. The van der Waals surface area contributed by atoms with E-state index in [0.29, 0.717) is 5.82 Å². The summed E-state index contributed by atoms with van der Waals surface area (Å²) in [5.74, 6) is 0.499. The average molecular weight is 270 g/mol. The lowest BCUT2D eigenvalue weighted by Gasteiger charge is -1.98. The Labute approximate surface area is 112 Å². The Morgan fingerprint density at radius 2 is 2.05 bits per heavy atom. The molecule has 19 heavy (non-hydrogen) atoms. The number of hydrogen-bond acceptors (Lipinski definition) is 4. The van der Waals surface area contributed by atoms with Crippen molar-refractivity contribution < 1.29 is 0 Å². The Kier molecular flexibility index (Phi) is 3.07. The van der Waals surface area contributed by atoms with Crippen LogP contribution in [0.4, 0.5) is 0 Å². The SMILES string of the molecule is O=c1[nH]nc(-c2ccccc2)n1N=Cc1cccs1. The van der Waals surface area contributed by atoms with E-state index in [9.17, 15) is 4.79 Å². The molecule has 0 radical (unpaired) electrons. The molecule has 5 nitrogen and oxygen atoms in total. The van der Waals surface area contributed by atoms with Crippen molar-refractivity contribution in [2.75, 3.05) is 0 Å². The standard InChI is InChI=1S/C13H10N4OS/c18-13-16-15-12(10-5-2-1-3-6-10)17(13)14-9-11-7-4-8-19-11/h1-9H,(H,16,18). The van der Waals surface area contributed by atoms with Crippen LogP contribution in [0.1, 0.15) is 4.88 Å². The predicted molar refractivity (Wildman–Crippen MR) is 75.6 cm³/mol. The van der Waals surface area contributed by atoms with E-state index in [-0.39, 0.29) is 5.69 Å². The van der Waals surface area contributed by atoms with Crippen molar-refractivity contribution in [2.24, 2.45) is 5.10 Å². The van der Waals surface area contributed by atoms with Crippen molar-refractivity contribution in [1.82, 2.24) is 14.9 Å². The molecule has 2 heterocycles. The zero-order valence-electron chi connectivity index (χ0n) is 9.85. The second-order valence-electron chi connectivity index (χ2n) is 3.79. The third-order valence-corrected chi connectivity index (χ3v) is 3.33. The first-order valence-electron chi connectivity index (χ1n) is 5.65. The molecule has 3 rings (SSSR count). The number of rotatable bonds is 3. The number of aromatic nitrogens is 3. The molecule has 0 unspecified atom stereocenters. The van der Waals surface area contributed by atoms with Gasteiger partial charge in [-0.2, -0.15) is 14.9 Å². The van der Waals surface area contributed by atoms with Gasteiger partial charge in [-0.3, -0.25) is 0 Å². The third-order valence-electron chi connectivity index (χ3n) is 2.53. The molecule has 6 heteroatoms. The molecule has 0 amide bonds. The van der Waals surface area contributed by atoms with Crippen LogP contribution < -0.4 is 5.69 Å². The fourth-order valence-electron chi connectivity index (χ4n) is 1.65. The van der Waals surface area contributed by atoms with Crippen LogP contribution in [0.25, 0.3) is 11.4 Å². The van der Waals surface area contributed by atoms with Crippen LogP contribution >= 0.6 is 11.3 Å². The molecule has 0 aliphatic carbocycles. The molecule has 0 fully saturated rings. The summed E-state index contributed by atoms with van der Waals surface area (Å²) in [4.78, 5) is 12.7. The van der Waals surface area contributed by atoms with E-state index in [1.165, 1.54) is 4.68 Å². The van der Waals surface area contributed by atoms with Gasteiger partial charge in [-0.1, -0.05) is 36.4 Å². The number of aromatic amines is 1. The highest BCUT2D eigenvalue weighted by Gasteiger charge is 2.08. The van der Waals surface area contributed by atoms with Gasteiger partial charge in [-0.15, -0.1) is 11.3 Å². The van der Waals surface area contributed by atoms with Gasteiger partial charge in [0.2, 0.25) is 0 Å². The summed E-state index contributed by atoms with van der Waals surface area (Å²) in [7, 11) is 0. The Hall–Kier alpha value is -2.47. The normalized spacial score (nSPS) is 11.2. The van der Waals surface area contributed by atoms with Crippen LogP contribution in [0.15, 0.2) is 57.7 Å². The van der Waals surface area contributed by atoms with Crippen molar-refractivity contribution in [3.05, 3.63) is 63.2 Å². The number of H-pyrrole nitrogens is 1. The molecule has 1 aromatic carbocycles. The van der Waals surface area contributed by atoms with Gasteiger partial charge in [-0.25, -0.2) is 9.89 Å². The summed E-state index contributed by atoms with van der Waals surface area (Å²) in [6.45, 7) is 0. The van der Waals surface area contributed by atoms with E-state index in [1.807, 2.05) is 47.8 Å². The van der Waals surface area contributed by atoms with Crippen molar-refractivity contribution in [2.45, 2.75) is 0 Å². The van der Waals surface area contributed by atoms with E-state index in [4.69, 9.17) is 0 Å². The number of nitrogens with zero attached hydrogens (tertiary/aromatic N) is 3. The summed E-state index contributed by atoms with van der Waals surface area (Å²) in [5, 5.41) is 12.6. The maximum absolute atomic E-state index is 11.7. The lowest BCUT2D eigenvalue weighted by molar-refractivity contribution is 0.843. The van der Waals surface area contributed by atoms with Crippen molar-refractivity contribution >= 4 is 17.6 Å². The Morgan fingerprint density at radius 1 is 1.21 bits per heavy atom. The highest BCUT2D eigenvalue weighted by Crippen LogP contribution is 2.14. The summed E-state index contributed by atoms with van der Waals surface area (Å²) >= 11 is 1.56. The molecule has 0 aliphatic rings. The largest absolute Gasteiger partial charge is 0.364 e. The topological polar surface area (TPSA) is 63.0 Å². The van der Waals surface area contributed by atoms with E-state index in [0.717, 1.165) is 10.4 Å². The van der Waals surface area contributed by atoms with E-state index in [2.05, 4.69) is 15.3 Å². The van der Waals surface area contributed by atoms with Gasteiger partial charge in [0.1, 0.15) is 0 Å². The minimum absolute atomic E-state index is 0.355. The van der Waals surface area contributed by atoms with Gasteiger partial charge in [-0.05, 0) is 11.4 Å². The average Bonchev–Trinajstić information content (AvgIpc) is 3.07. The van der Waals surface area contributed by atoms with Crippen molar-refractivity contribution in [1.29, 1.82) is 0 Å². The maximum Gasteiger partial charge on any atom is 0.364 e. The lowest BCUT2D eigenvalue weighted by Crippen LogP contribution is -2.13. The number of thiophene rings is 1. The number of hydrogen-bond donors (Lipinski definition) is 1. The predicted octanol–water partition coefficient (Wildman–Crippen LogP) is 2.18. The summed E-state index contributed by atoms with van der Waals surface area (Å²) < 4.78 is 1.26. The highest BCUT2D eigenvalue weighted by molar-refractivity contribution is 7.11. The monoisotopic (exact) mass is 270 g/mol. The van der Waals surface area contributed by atoms with Crippen LogP contribution in [0, 0.1) is 0 Å². The maximum atomic E-state index is 11.7. The van der Waals surface area contributed by atoms with Gasteiger partial charge in [0.25, 0.3) is 0 Å². The molecule has 3 aromatic rings. The summed E-state index contributed by atoms with van der Waals surface area (Å²) in [5.41, 5.74) is 0.482. The number of benzene rings is 1. The van der Waals surface area contributed by atoms with E-state index in [1.54, 1.807) is 17.6 Å². The van der Waals surface area contributed by atoms with Crippen molar-refractivity contribution in [3.8, 4) is 11.4 Å². The molecule has 0 spiro atoms. The van der Waals surface area contributed by atoms with Crippen LogP contribution in [0.3, 0.4) is 0 Å². The third kappa shape index (κ3) is 2.38. The van der Waals surface area contributed by atoms with Gasteiger partial charge in [0.05, 0.1) is 6.21 Å². The van der Waals surface area contributed by atoms with Crippen LogP contribution in [-0.2, 0) is 0 Å². The second-order valence-corrected chi connectivity index (χ2v) is 4.77. The zero-order valence-corrected chi connectivity index (χ0v) is 10.7. The minimum Gasteiger partial charge on any atom is -0.244 e. The second kappa shape index (κ2) is 5.03. The summed E-state index contributed by atoms with van der Waals surface area (Å²) in [6, 6.07) is 13.3. The molecule has 0 aliphatic heterocycles. The molecule has 0 bridgehead atoms. The Morgan fingerprint density at radius 3 is 2.79 bits per heavy atom. The van der Waals surface area contributed by atoms with Crippen LogP contribution in [-0.4, -0.2) is 21.1 Å². The Balaban J connectivity index is 2.02. The molecule has 0 atom stereocenters. The van der Waals surface area contributed by atoms with E-state index < -0.39 is 0 Å². The van der Waals surface area contributed by atoms with E-state index >= 15 is 0 Å². The first-order valence-corrected chi connectivity index (χ1v) is 6.53. The Bertz CT molecular complexity index is 741. The molecule has 0 saturated heterocycles. The van der Waals surface area contributed by atoms with Crippen molar-refractivity contribution in [3.63, 3.8) is 0 Å². The van der Waals surface area contributed by atoms with Gasteiger partial charge in [0.15, 0.2) is 5.82 Å². The minimum atomic E-state index is -0.355. The molecular formula is C13H10N4OS. The van der Waals surface area contributed by atoms with Gasteiger partial charge >= 0.3 is 5.69 Å². The highest BCUT2D eigenvalue weighted by atomic mass is 32.1. The smallest absolute Gasteiger partial charge is 0.244 e. The summed E-state index contributed by atoms with van der Waals surface area (Å²) in [6.07, 6.45) is 1.65. The molecule has 94 valence electrons. The fraction of sp³-hybridized carbons (Fsp3) is 0. The van der Waals surface area contributed by atoms with Gasteiger partial charge in [0, 0.05) is 10.4 Å². The molecular weight excluding hydrogens is 260 g/mol. The number of nitrogens with one attached hydrogen (secondary N) is 1. The van der Waals surface area contributed by atoms with Gasteiger partial charge < -0.3 is 0 Å². The molecule has 1 N–H and O–H groups in total. The first-order chi connectivity index (χ1) is 9.34. The zero-order chi connectivity index (χ0) is 13.1. The quantitative estimate of drug-likeness (QED) is 0.741. The van der Waals surface area contributed by atoms with Crippen LogP contribution in [0.2, 0.25) is 0 Å². The van der Waals surface area contributed by atoms with Crippen LogP contribution in [0.5, 0.6) is 0 Å². The molecule has 2 aromatic heterocycles.